The lowest BCUT2D eigenvalue weighted by Crippen LogP contribution is -2.27. The SMILES string of the molecule is Cc1cc(C(=O)NCCO)c(N)c([N+](=O)[O-])c1. The zero-order valence-electron chi connectivity index (χ0n) is 9.27. The van der Waals surface area contributed by atoms with E-state index in [1.807, 2.05) is 0 Å². The van der Waals surface area contributed by atoms with Crippen LogP contribution in [0.1, 0.15) is 15.9 Å². The van der Waals surface area contributed by atoms with Crippen LogP contribution < -0.4 is 11.1 Å². The molecule has 0 saturated carbocycles. The van der Waals surface area contributed by atoms with E-state index >= 15 is 0 Å². The van der Waals surface area contributed by atoms with E-state index in [0.29, 0.717) is 5.56 Å². The summed E-state index contributed by atoms with van der Waals surface area (Å²) in [6, 6.07) is 2.77. The van der Waals surface area contributed by atoms with Crippen molar-refractivity contribution in [1.82, 2.24) is 5.32 Å². The second kappa shape index (κ2) is 5.26. The van der Waals surface area contributed by atoms with Gasteiger partial charge in [0.1, 0.15) is 5.69 Å². The largest absolute Gasteiger partial charge is 0.395 e. The average molecular weight is 239 g/mol. The van der Waals surface area contributed by atoms with Crippen LogP contribution >= 0.6 is 0 Å². The number of aliphatic hydroxyl groups excluding tert-OH is 1. The predicted molar refractivity (Wildman–Crippen MR) is 61.7 cm³/mol. The zero-order chi connectivity index (χ0) is 13.0. The molecule has 0 bridgehead atoms. The molecule has 0 aliphatic rings. The molecule has 1 amide bonds. The van der Waals surface area contributed by atoms with Crippen LogP contribution in [0.5, 0.6) is 0 Å². The van der Waals surface area contributed by atoms with E-state index in [1.54, 1.807) is 6.92 Å². The summed E-state index contributed by atoms with van der Waals surface area (Å²) in [6.45, 7) is 1.49. The molecule has 0 fully saturated rings. The molecule has 1 rings (SSSR count). The molecule has 0 unspecified atom stereocenters. The molecule has 0 aromatic heterocycles. The molecule has 0 aliphatic heterocycles. The van der Waals surface area contributed by atoms with Gasteiger partial charge in [-0.05, 0) is 18.6 Å². The maximum atomic E-state index is 11.6. The van der Waals surface area contributed by atoms with Crippen molar-refractivity contribution in [2.75, 3.05) is 18.9 Å². The standard InChI is InChI=1S/C10H13N3O4/c1-6-4-7(10(15)12-2-3-14)9(11)8(5-6)13(16)17/h4-5,14H,2-3,11H2,1H3,(H,12,15). The zero-order valence-corrected chi connectivity index (χ0v) is 9.27. The molecule has 0 atom stereocenters. The van der Waals surface area contributed by atoms with Crippen molar-refractivity contribution in [2.45, 2.75) is 6.92 Å². The molecule has 17 heavy (non-hydrogen) atoms. The number of benzene rings is 1. The van der Waals surface area contributed by atoms with Crippen molar-refractivity contribution >= 4 is 17.3 Å². The number of aryl methyl sites for hydroxylation is 1. The van der Waals surface area contributed by atoms with Gasteiger partial charge in [0, 0.05) is 12.6 Å². The van der Waals surface area contributed by atoms with Crippen LogP contribution in [0.2, 0.25) is 0 Å². The van der Waals surface area contributed by atoms with Crippen molar-refractivity contribution in [3.63, 3.8) is 0 Å². The quantitative estimate of drug-likeness (QED) is 0.394. The highest BCUT2D eigenvalue weighted by Gasteiger charge is 2.20. The van der Waals surface area contributed by atoms with Gasteiger partial charge in [0.2, 0.25) is 0 Å². The summed E-state index contributed by atoms with van der Waals surface area (Å²) in [4.78, 5) is 21.7. The minimum atomic E-state index is -0.634. The first kappa shape index (κ1) is 12.9. The summed E-state index contributed by atoms with van der Waals surface area (Å²) in [5.41, 5.74) is 5.71. The minimum Gasteiger partial charge on any atom is -0.395 e. The monoisotopic (exact) mass is 239 g/mol. The van der Waals surface area contributed by atoms with Crippen LogP contribution in [0.4, 0.5) is 11.4 Å². The van der Waals surface area contributed by atoms with Gasteiger partial charge in [0.15, 0.2) is 0 Å². The highest BCUT2D eigenvalue weighted by atomic mass is 16.6. The Hall–Kier alpha value is -2.15. The number of hydrogen-bond acceptors (Lipinski definition) is 5. The normalized spacial score (nSPS) is 10.0. The molecule has 0 saturated heterocycles. The van der Waals surface area contributed by atoms with Crippen molar-refractivity contribution in [3.05, 3.63) is 33.4 Å². The third kappa shape index (κ3) is 2.91. The van der Waals surface area contributed by atoms with Gasteiger partial charge in [-0.1, -0.05) is 0 Å². The summed E-state index contributed by atoms with van der Waals surface area (Å²) in [7, 11) is 0. The highest BCUT2D eigenvalue weighted by Crippen LogP contribution is 2.26. The molecular weight excluding hydrogens is 226 g/mol. The first-order chi connectivity index (χ1) is 7.97. The number of nitro benzene ring substituents is 1. The Bertz CT molecular complexity index is 459. The molecule has 4 N–H and O–H groups in total. The molecule has 0 radical (unpaired) electrons. The number of nitrogens with zero attached hydrogens (tertiary/aromatic N) is 1. The lowest BCUT2D eigenvalue weighted by Gasteiger charge is -2.07. The summed E-state index contributed by atoms with van der Waals surface area (Å²) in [5.74, 6) is -0.539. The minimum absolute atomic E-state index is 0.0464. The number of rotatable bonds is 4. The Kier molecular flexibility index (Phi) is 4.00. The summed E-state index contributed by atoms with van der Waals surface area (Å²) >= 11 is 0. The van der Waals surface area contributed by atoms with Crippen LogP contribution in [-0.2, 0) is 0 Å². The maximum Gasteiger partial charge on any atom is 0.293 e. The fraction of sp³-hybridized carbons (Fsp3) is 0.300. The van der Waals surface area contributed by atoms with E-state index in [4.69, 9.17) is 10.8 Å². The highest BCUT2D eigenvalue weighted by molar-refractivity contribution is 6.01. The summed E-state index contributed by atoms with van der Waals surface area (Å²) < 4.78 is 0. The maximum absolute atomic E-state index is 11.6. The third-order valence-corrected chi connectivity index (χ3v) is 2.14. The Morgan fingerprint density at radius 2 is 2.24 bits per heavy atom. The fourth-order valence-corrected chi connectivity index (χ4v) is 1.38. The average Bonchev–Trinajstić information content (AvgIpc) is 2.28. The first-order valence-electron chi connectivity index (χ1n) is 4.91. The van der Waals surface area contributed by atoms with Gasteiger partial charge >= 0.3 is 0 Å². The smallest absolute Gasteiger partial charge is 0.293 e. The van der Waals surface area contributed by atoms with Gasteiger partial charge < -0.3 is 16.2 Å². The summed E-state index contributed by atoms with van der Waals surface area (Å²) in [5, 5.41) is 21.7. The molecular formula is C10H13N3O4. The number of anilines is 1. The number of aliphatic hydroxyl groups is 1. The lowest BCUT2D eigenvalue weighted by molar-refractivity contribution is -0.384. The van der Waals surface area contributed by atoms with Crippen molar-refractivity contribution < 1.29 is 14.8 Å². The molecule has 1 aromatic carbocycles. The molecule has 0 heterocycles. The Morgan fingerprint density at radius 3 is 2.76 bits per heavy atom. The number of carbonyl (C=O) groups excluding carboxylic acids is 1. The van der Waals surface area contributed by atoms with E-state index < -0.39 is 10.8 Å². The van der Waals surface area contributed by atoms with E-state index in [1.165, 1.54) is 12.1 Å². The second-order valence-electron chi connectivity index (χ2n) is 3.48. The molecule has 0 aliphatic carbocycles. The molecule has 92 valence electrons. The van der Waals surface area contributed by atoms with Crippen molar-refractivity contribution in [1.29, 1.82) is 0 Å². The van der Waals surface area contributed by atoms with Crippen LogP contribution in [-0.4, -0.2) is 29.1 Å². The first-order valence-corrected chi connectivity index (χ1v) is 4.91. The Balaban J connectivity index is 3.15. The van der Waals surface area contributed by atoms with E-state index in [0.717, 1.165) is 0 Å². The summed E-state index contributed by atoms with van der Waals surface area (Å²) in [6.07, 6.45) is 0. The van der Waals surface area contributed by atoms with Gasteiger partial charge in [0.05, 0.1) is 17.1 Å². The number of nitrogens with two attached hydrogens (primary N) is 1. The molecule has 1 aromatic rings. The molecule has 0 spiro atoms. The van der Waals surface area contributed by atoms with E-state index in [-0.39, 0.29) is 30.1 Å². The van der Waals surface area contributed by atoms with Gasteiger partial charge in [-0.25, -0.2) is 0 Å². The van der Waals surface area contributed by atoms with Crippen LogP contribution in [0.25, 0.3) is 0 Å². The third-order valence-electron chi connectivity index (χ3n) is 2.14. The second-order valence-corrected chi connectivity index (χ2v) is 3.48. The number of nitrogens with one attached hydrogen (secondary N) is 1. The van der Waals surface area contributed by atoms with E-state index in [2.05, 4.69) is 5.32 Å². The van der Waals surface area contributed by atoms with Crippen LogP contribution in [0.3, 0.4) is 0 Å². The predicted octanol–water partition coefficient (Wildman–Crippen LogP) is 0.208. The molecule has 7 heteroatoms. The van der Waals surface area contributed by atoms with Crippen molar-refractivity contribution in [3.8, 4) is 0 Å². The van der Waals surface area contributed by atoms with Gasteiger partial charge in [-0.2, -0.15) is 0 Å². The number of amides is 1. The Labute approximate surface area is 97.4 Å². The van der Waals surface area contributed by atoms with Gasteiger partial charge in [-0.3, -0.25) is 14.9 Å². The molecule has 7 nitrogen and oxygen atoms in total. The van der Waals surface area contributed by atoms with Crippen LogP contribution in [0.15, 0.2) is 12.1 Å². The van der Waals surface area contributed by atoms with Gasteiger partial charge in [0.25, 0.3) is 11.6 Å². The number of nitro groups is 1. The van der Waals surface area contributed by atoms with Crippen LogP contribution in [0, 0.1) is 17.0 Å². The van der Waals surface area contributed by atoms with E-state index in [9.17, 15) is 14.9 Å². The fourth-order valence-electron chi connectivity index (χ4n) is 1.38. The lowest BCUT2D eigenvalue weighted by atomic mass is 10.1. The number of hydrogen-bond donors (Lipinski definition) is 3. The van der Waals surface area contributed by atoms with Crippen molar-refractivity contribution in [2.24, 2.45) is 0 Å². The van der Waals surface area contributed by atoms with Gasteiger partial charge in [-0.15, -0.1) is 0 Å². The number of nitrogen functional groups attached to an aromatic ring is 1. The number of carbonyl (C=O) groups is 1. The Morgan fingerprint density at radius 1 is 1.59 bits per heavy atom. The topological polar surface area (TPSA) is 118 Å².